The van der Waals surface area contributed by atoms with Gasteiger partial charge in [0.05, 0.1) is 16.0 Å². The van der Waals surface area contributed by atoms with Gasteiger partial charge in [-0.05, 0) is 72.0 Å². The SMILES string of the molecule is O=C(NCc1cccc(-c2ccc(C(F)(F)F)cc2)c1)C1(NCS(=O)(=O)c2ccc(F)cc2)CC1. The summed E-state index contributed by atoms with van der Waals surface area (Å²) in [6.45, 7) is 0.168. The highest BCUT2D eigenvalue weighted by atomic mass is 32.2. The van der Waals surface area contributed by atoms with Crippen molar-refractivity contribution in [3.8, 4) is 11.1 Å². The smallest absolute Gasteiger partial charge is 0.350 e. The molecule has 3 aromatic carbocycles. The number of amides is 1. The Hall–Kier alpha value is -3.24. The number of hydrogen-bond acceptors (Lipinski definition) is 4. The van der Waals surface area contributed by atoms with E-state index in [-0.39, 0.29) is 17.3 Å². The van der Waals surface area contributed by atoms with Crippen LogP contribution in [0.5, 0.6) is 0 Å². The highest BCUT2D eigenvalue weighted by molar-refractivity contribution is 7.91. The van der Waals surface area contributed by atoms with Crippen LogP contribution >= 0.6 is 0 Å². The number of nitrogens with one attached hydrogen (secondary N) is 2. The van der Waals surface area contributed by atoms with Crippen molar-refractivity contribution in [2.75, 3.05) is 5.88 Å². The molecule has 1 aliphatic carbocycles. The summed E-state index contributed by atoms with van der Waals surface area (Å²) < 4.78 is 76.4. The topological polar surface area (TPSA) is 75.3 Å². The number of alkyl halides is 3. The van der Waals surface area contributed by atoms with E-state index < -0.39 is 38.8 Å². The molecular weight excluding hydrogens is 484 g/mol. The van der Waals surface area contributed by atoms with Crippen LogP contribution in [0.15, 0.2) is 77.7 Å². The third-order valence-electron chi connectivity index (χ3n) is 5.88. The number of rotatable bonds is 8. The van der Waals surface area contributed by atoms with Crippen molar-refractivity contribution in [3.05, 3.63) is 89.7 Å². The van der Waals surface area contributed by atoms with Gasteiger partial charge in [-0.1, -0.05) is 30.3 Å². The summed E-state index contributed by atoms with van der Waals surface area (Å²) in [6, 6.07) is 16.4. The number of carbonyl (C=O) groups is 1. The molecule has 184 valence electrons. The minimum atomic E-state index is -4.41. The fourth-order valence-electron chi connectivity index (χ4n) is 3.63. The van der Waals surface area contributed by atoms with Gasteiger partial charge < -0.3 is 5.32 Å². The van der Waals surface area contributed by atoms with E-state index in [0.717, 1.165) is 29.8 Å². The molecule has 2 N–H and O–H groups in total. The van der Waals surface area contributed by atoms with E-state index in [1.54, 1.807) is 24.3 Å². The molecule has 0 aliphatic heterocycles. The van der Waals surface area contributed by atoms with Crippen molar-refractivity contribution >= 4 is 15.7 Å². The number of benzene rings is 3. The molecule has 1 fully saturated rings. The van der Waals surface area contributed by atoms with Crippen LogP contribution in [0.3, 0.4) is 0 Å². The van der Waals surface area contributed by atoms with Gasteiger partial charge in [0.15, 0.2) is 9.84 Å². The monoisotopic (exact) mass is 506 g/mol. The largest absolute Gasteiger partial charge is 0.416 e. The van der Waals surface area contributed by atoms with Gasteiger partial charge in [0, 0.05) is 6.54 Å². The van der Waals surface area contributed by atoms with Crippen molar-refractivity contribution in [1.82, 2.24) is 10.6 Å². The van der Waals surface area contributed by atoms with E-state index >= 15 is 0 Å². The maximum Gasteiger partial charge on any atom is 0.416 e. The van der Waals surface area contributed by atoms with Gasteiger partial charge in [-0.25, -0.2) is 12.8 Å². The van der Waals surface area contributed by atoms with Crippen LogP contribution in [0, 0.1) is 5.82 Å². The number of sulfone groups is 1. The van der Waals surface area contributed by atoms with E-state index in [1.165, 1.54) is 24.3 Å². The molecule has 1 amide bonds. The third-order valence-corrected chi connectivity index (χ3v) is 7.40. The fraction of sp³-hybridized carbons (Fsp3) is 0.240. The van der Waals surface area contributed by atoms with E-state index in [0.29, 0.717) is 24.0 Å². The summed E-state index contributed by atoms with van der Waals surface area (Å²) >= 11 is 0. The lowest BCUT2D eigenvalue weighted by Gasteiger charge is -2.17. The minimum absolute atomic E-state index is 0.0392. The quantitative estimate of drug-likeness (QED) is 0.344. The predicted octanol–water partition coefficient (Wildman–Crippen LogP) is 4.68. The van der Waals surface area contributed by atoms with Crippen LogP contribution in [-0.2, 0) is 27.4 Å². The molecule has 5 nitrogen and oxygen atoms in total. The fourth-order valence-corrected chi connectivity index (χ4v) is 4.82. The summed E-state index contributed by atoms with van der Waals surface area (Å²) in [6.07, 6.45) is -3.46. The maximum absolute atomic E-state index is 13.1. The molecule has 3 aromatic rings. The van der Waals surface area contributed by atoms with Gasteiger partial charge in [0.25, 0.3) is 0 Å². The van der Waals surface area contributed by atoms with Gasteiger partial charge >= 0.3 is 6.18 Å². The Morgan fingerprint density at radius 3 is 2.17 bits per heavy atom. The molecule has 4 rings (SSSR count). The van der Waals surface area contributed by atoms with Crippen LogP contribution in [0.4, 0.5) is 17.6 Å². The van der Waals surface area contributed by atoms with E-state index in [4.69, 9.17) is 0 Å². The maximum atomic E-state index is 13.1. The molecule has 0 heterocycles. The Morgan fingerprint density at radius 2 is 1.57 bits per heavy atom. The lowest BCUT2D eigenvalue weighted by atomic mass is 10.0. The molecule has 35 heavy (non-hydrogen) atoms. The van der Waals surface area contributed by atoms with Crippen molar-refractivity contribution in [2.45, 2.75) is 36.0 Å². The molecule has 0 atom stereocenters. The van der Waals surface area contributed by atoms with Gasteiger partial charge in [-0.15, -0.1) is 0 Å². The lowest BCUT2D eigenvalue weighted by molar-refractivity contribution is -0.137. The zero-order valence-corrected chi connectivity index (χ0v) is 19.2. The standard InChI is InChI=1S/C25H22F4N2O3S/c26-21-8-10-22(11-9-21)35(33,34)16-31-24(12-13-24)23(32)30-15-17-2-1-3-19(14-17)18-4-6-20(7-5-18)25(27,28)29/h1-11,14,31H,12-13,15-16H2,(H,30,32). The third kappa shape index (κ3) is 5.88. The molecule has 0 saturated heterocycles. The van der Waals surface area contributed by atoms with E-state index in [9.17, 15) is 30.8 Å². The summed E-state index contributed by atoms with van der Waals surface area (Å²) in [5.41, 5.74) is 0.337. The predicted molar refractivity (Wildman–Crippen MR) is 122 cm³/mol. The first kappa shape index (κ1) is 24.9. The summed E-state index contributed by atoms with van der Waals surface area (Å²) in [5.74, 6) is -1.35. The highest BCUT2D eigenvalue weighted by Crippen LogP contribution is 2.36. The molecule has 0 aromatic heterocycles. The normalized spacial score (nSPS) is 15.0. The minimum Gasteiger partial charge on any atom is -0.350 e. The first-order valence-electron chi connectivity index (χ1n) is 10.8. The van der Waals surface area contributed by atoms with Crippen LogP contribution in [-0.4, -0.2) is 25.7 Å². The van der Waals surface area contributed by atoms with E-state index in [1.807, 2.05) is 0 Å². The van der Waals surface area contributed by atoms with Crippen molar-refractivity contribution in [3.63, 3.8) is 0 Å². The number of carbonyl (C=O) groups excluding carboxylic acids is 1. The summed E-state index contributed by atoms with van der Waals surface area (Å²) in [7, 11) is -3.75. The summed E-state index contributed by atoms with van der Waals surface area (Å²) in [4.78, 5) is 12.7. The molecule has 0 radical (unpaired) electrons. The van der Waals surface area contributed by atoms with Crippen molar-refractivity contribution in [2.24, 2.45) is 0 Å². The molecule has 10 heteroatoms. The highest BCUT2D eigenvalue weighted by Gasteiger charge is 2.50. The van der Waals surface area contributed by atoms with Crippen LogP contribution < -0.4 is 10.6 Å². The lowest BCUT2D eigenvalue weighted by Crippen LogP contribution is -2.47. The second-order valence-corrected chi connectivity index (χ2v) is 10.4. The van der Waals surface area contributed by atoms with Gasteiger partial charge in [-0.2, -0.15) is 13.2 Å². The zero-order valence-electron chi connectivity index (χ0n) is 18.4. The Morgan fingerprint density at radius 1 is 0.914 bits per heavy atom. The van der Waals surface area contributed by atoms with Gasteiger partial charge in [-0.3, -0.25) is 10.1 Å². The second-order valence-electron chi connectivity index (χ2n) is 8.43. The Balaban J connectivity index is 1.36. The van der Waals surface area contributed by atoms with Crippen LogP contribution in [0.1, 0.15) is 24.0 Å². The van der Waals surface area contributed by atoms with Crippen molar-refractivity contribution in [1.29, 1.82) is 0 Å². The van der Waals surface area contributed by atoms with Crippen LogP contribution in [0.25, 0.3) is 11.1 Å². The number of hydrogen-bond donors (Lipinski definition) is 2. The Labute approximate surface area is 200 Å². The average molecular weight is 507 g/mol. The molecule has 0 bridgehead atoms. The number of halogens is 4. The van der Waals surface area contributed by atoms with Crippen LogP contribution in [0.2, 0.25) is 0 Å². The van der Waals surface area contributed by atoms with Crippen molar-refractivity contribution < 1.29 is 30.8 Å². The van der Waals surface area contributed by atoms with Gasteiger partial charge in [0.2, 0.25) is 5.91 Å². The first-order chi connectivity index (χ1) is 16.5. The molecule has 0 spiro atoms. The molecule has 1 aliphatic rings. The molecular formula is C25H22F4N2O3S. The Bertz CT molecular complexity index is 1320. The van der Waals surface area contributed by atoms with E-state index in [2.05, 4.69) is 10.6 Å². The first-order valence-corrected chi connectivity index (χ1v) is 12.4. The summed E-state index contributed by atoms with van der Waals surface area (Å²) in [5, 5.41) is 5.63. The molecule has 0 unspecified atom stereocenters. The second kappa shape index (κ2) is 9.43. The molecule has 1 saturated carbocycles. The van der Waals surface area contributed by atoms with Gasteiger partial charge in [0.1, 0.15) is 11.7 Å². The average Bonchev–Trinajstić information content (AvgIpc) is 3.63. The zero-order chi connectivity index (χ0) is 25.3. The Kier molecular flexibility index (Phi) is 6.70.